The normalized spacial score (nSPS) is 17.0. The maximum atomic E-state index is 13.1. The van der Waals surface area contributed by atoms with Crippen molar-refractivity contribution in [2.45, 2.75) is 69.7 Å². The zero-order valence-electron chi connectivity index (χ0n) is 20.4. The zero-order valence-corrected chi connectivity index (χ0v) is 21.2. The van der Waals surface area contributed by atoms with E-state index in [4.69, 9.17) is 4.42 Å². The van der Waals surface area contributed by atoms with Gasteiger partial charge in [-0.3, -0.25) is 10.1 Å². The van der Waals surface area contributed by atoms with Gasteiger partial charge in [-0.25, -0.2) is 8.42 Å². The van der Waals surface area contributed by atoms with Crippen molar-refractivity contribution in [1.29, 1.82) is 0 Å². The number of rotatable bonds is 8. The van der Waals surface area contributed by atoms with Crippen LogP contribution in [0.4, 0.5) is 6.01 Å². The SMILES string of the molecule is CCC1CCCCN1S(=O)(=O)c1ccc(C(=O)Nc2nnc(Cc3ccc(C(C)C)cc3)o2)cc1. The summed E-state index contributed by atoms with van der Waals surface area (Å²) in [5.74, 6) is 0.405. The van der Waals surface area contributed by atoms with Gasteiger partial charge >= 0.3 is 6.01 Å². The molecule has 9 heteroatoms. The van der Waals surface area contributed by atoms with Gasteiger partial charge in [-0.1, -0.05) is 56.6 Å². The Hall–Kier alpha value is -3.04. The number of carbonyl (C=O) groups excluding carboxylic acids is 1. The number of sulfonamides is 1. The van der Waals surface area contributed by atoms with Crippen molar-refractivity contribution >= 4 is 21.9 Å². The molecule has 2 aromatic carbocycles. The van der Waals surface area contributed by atoms with E-state index in [2.05, 4.69) is 41.5 Å². The predicted molar refractivity (Wildman–Crippen MR) is 134 cm³/mol. The molecule has 1 N–H and O–H groups in total. The van der Waals surface area contributed by atoms with Crippen LogP contribution in [0.25, 0.3) is 0 Å². The first-order chi connectivity index (χ1) is 16.8. The smallest absolute Gasteiger partial charge is 0.322 e. The fourth-order valence-corrected chi connectivity index (χ4v) is 6.12. The lowest BCUT2D eigenvalue weighted by Gasteiger charge is -2.34. The van der Waals surface area contributed by atoms with Crippen molar-refractivity contribution in [3.63, 3.8) is 0 Å². The van der Waals surface area contributed by atoms with Crippen LogP contribution < -0.4 is 5.32 Å². The Kier molecular flexibility index (Phi) is 7.66. The van der Waals surface area contributed by atoms with Gasteiger partial charge in [0.15, 0.2) is 0 Å². The summed E-state index contributed by atoms with van der Waals surface area (Å²) in [6.07, 6.45) is 4.04. The highest BCUT2D eigenvalue weighted by atomic mass is 32.2. The molecule has 0 radical (unpaired) electrons. The summed E-state index contributed by atoms with van der Waals surface area (Å²) in [7, 11) is -3.60. The van der Waals surface area contributed by atoms with Crippen molar-refractivity contribution in [1.82, 2.24) is 14.5 Å². The fourth-order valence-electron chi connectivity index (χ4n) is 4.35. The number of nitrogens with one attached hydrogen (secondary N) is 1. The van der Waals surface area contributed by atoms with Crippen LogP contribution in [0.15, 0.2) is 57.8 Å². The van der Waals surface area contributed by atoms with Gasteiger partial charge in [0, 0.05) is 18.2 Å². The van der Waals surface area contributed by atoms with E-state index >= 15 is 0 Å². The maximum Gasteiger partial charge on any atom is 0.322 e. The summed E-state index contributed by atoms with van der Waals surface area (Å²) in [6, 6.07) is 14.2. The third kappa shape index (κ3) is 5.79. The lowest BCUT2D eigenvalue weighted by molar-refractivity contribution is 0.102. The maximum absolute atomic E-state index is 13.1. The van der Waals surface area contributed by atoms with Gasteiger partial charge in [-0.2, -0.15) is 4.31 Å². The lowest BCUT2D eigenvalue weighted by atomic mass is 10.0. The molecule has 1 amide bonds. The van der Waals surface area contributed by atoms with E-state index in [9.17, 15) is 13.2 Å². The molecular weight excluding hydrogens is 464 g/mol. The van der Waals surface area contributed by atoms with E-state index in [0.717, 1.165) is 31.2 Å². The molecule has 0 aliphatic carbocycles. The Morgan fingerprint density at radius 2 is 1.80 bits per heavy atom. The molecule has 0 spiro atoms. The lowest BCUT2D eigenvalue weighted by Crippen LogP contribution is -2.43. The standard InChI is InChI=1S/C26H32N4O4S/c1-4-22-7-5-6-16-30(22)35(32,33)23-14-12-21(13-15-23)25(31)27-26-29-28-24(34-26)17-19-8-10-20(11-9-19)18(2)3/h8-15,18,22H,4-7,16-17H2,1-3H3,(H,27,29,31). The molecular formula is C26H32N4O4S. The summed E-state index contributed by atoms with van der Waals surface area (Å²) in [6.45, 7) is 6.83. The van der Waals surface area contributed by atoms with Gasteiger partial charge < -0.3 is 4.42 Å². The summed E-state index contributed by atoms with van der Waals surface area (Å²) in [5.41, 5.74) is 2.59. The molecule has 186 valence electrons. The summed E-state index contributed by atoms with van der Waals surface area (Å²) in [5, 5.41) is 10.5. The average Bonchev–Trinajstić information content (AvgIpc) is 3.30. The number of benzene rings is 2. The second kappa shape index (κ2) is 10.7. The summed E-state index contributed by atoms with van der Waals surface area (Å²) < 4.78 is 33.4. The van der Waals surface area contributed by atoms with E-state index < -0.39 is 15.9 Å². The molecule has 3 aromatic rings. The van der Waals surface area contributed by atoms with Gasteiger partial charge in [0.05, 0.1) is 11.3 Å². The van der Waals surface area contributed by atoms with Gasteiger partial charge in [-0.05, 0) is 60.6 Å². The highest BCUT2D eigenvalue weighted by molar-refractivity contribution is 7.89. The molecule has 1 fully saturated rings. The summed E-state index contributed by atoms with van der Waals surface area (Å²) >= 11 is 0. The van der Waals surface area contributed by atoms with Crippen LogP contribution in [0.3, 0.4) is 0 Å². The number of carbonyl (C=O) groups is 1. The Bertz CT molecular complexity index is 1250. The third-order valence-electron chi connectivity index (χ3n) is 6.46. The molecule has 1 aromatic heterocycles. The van der Waals surface area contributed by atoms with Crippen LogP contribution in [0, 0.1) is 0 Å². The number of piperidine rings is 1. The molecule has 1 unspecified atom stereocenters. The molecule has 4 rings (SSSR count). The second-order valence-electron chi connectivity index (χ2n) is 9.23. The van der Waals surface area contributed by atoms with Crippen LogP contribution >= 0.6 is 0 Å². The molecule has 0 bridgehead atoms. The Morgan fingerprint density at radius 1 is 1.09 bits per heavy atom. The average molecular weight is 497 g/mol. The molecule has 1 aliphatic heterocycles. The van der Waals surface area contributed by atoms with Gasteiger partial charge in [0.25, 0.3) is 5.91 Å². The van der Waals surface area contributed by atoms with Crippen molar-refractivity contribution in [3.8, 4) is 0 Å². The van der Waals surface area contributed by atoms with E-state index in [1.807, 2.05) is 19.1 Å². The van der Waals surface area contributed by atoms with Gasteiger partial charge in [0.2, 0.25) is 15.9 Å². The van der Waals surface area contributed by atoms with E-state index in [1.54, 1.807) is 4.31 Å². The minimum atomic E-state index is -3.60. The number of hydrogen-bond donors (Lipinski definition) is 1. The molecule has 0 saturated carbocycles. The molecule has 1 aliphatic rings. The Balaban J connectivity index is 1.39. The van der Waals surface area contributed by atoms with E-state index in [-0.39, 0.29) is 17.0 Å². The van der Waals surface area contributed by atoms with Crippen LogP contribution in [-0.2, 0) is 16.4 Å². The van der Waals surface area contributed by atoms with Crippen LogP contribution in [0.1, 0.15) is 79.7 Å². The van der Waals surface area contributed by atoms with Crippen LogP contribution in [0.2, 0.25) is 0 Å². The van der Waals surface area contributed by atoms with E-state index in [0.29, 0.717) is 30.3 Å². The minimum absolute atomic E-state index is 0.000368. The van der Waals surface area contributed by atoms with Crippen molar-refractivity contribution < 1.29 is 17.6 Å². The monoisotopic (exact) mass is 496 g/mol. The fraction of sp³-hybridized carbons (Fsp3) is 0.423. The van der Waals surface area contributed by atoms with Crippen LogP contribution in [0.5, 0.6) is 0 Å². The number of anilines is 1. The topological polar surface area (TPSA) is 105 Å². The van der Waals surface area contributed by atoms with Crippen molar-refractivity contribution in [3.05, 3.63) is 71.1 Å². The summed E-state index contributed by atoms with van der Waals surface area (Å²) in [4.78, 5) is 12.8. The van der Waals surface area contributed by atoms with E-state index in [1.165, 1.54) is 29.8 Å². The molecule has 1 atom stereocenters. The largest absolute Gasteiger partial charge is 0.407 e. The zero-order chi connectivity index (χ0) is 25.0. The molecule has 8 nitrogen and oxygen atoms in total. The van der Waals surface area contributed by atoms with Gasteiger partial charge in [0.1, 0.15) is 0 Å². The first-order valence-corrected chi connectivity index (χ1v) is 13.6. The predicted octanol–water partition coefficient (Wildman–Crippen LogP) is 4.99. The molecule has 35 heavy (non-hydrogen) atoms. The highest BCUT2D eigenvalue weighted by Crippen LogP contribution is 2.27. The minimum Gasteiger partial charge on any atom is -0.407 e. The second-order valence-corrected chi connectivity index (χ2v) is 11.1. The number of amides is 1. The molecule has 2 heterocycles. The quantitative estimate of drug-likeness (QED) is 0.471. The van der Waals surface area contributed by atoms with Crippen LogP contribution in [-0.4, -0.2) is 41.4 Å². The highest BCUT2D eigenvalue weighted by Gasteiger charge is 2.32. The number of aromatic nitrogens is 2. The number of nitrogens with zero attached hydrogens (tertiary/aromatic N) is 3. The van der Waals surface area contributed by atoms with Crippen molar-refractivity contribution in [2.24, 2.45) is 0 Å². The molecule has 1 saturated heterocycles. The number of hydrogen-bond acceptors (Lipinski definition) is 6. The first kappa shape index (κ1) is 25.1. The van der Waals surface area contributed by atoms with Crippen molar-refractivity contribution in [2.75, 3.05) is 11.9 Å². The third-order valence-corrected chi connectivity index (χ3v) is 8.42. The Morgan fingerprint density at radius 3 is 2.46 bits per heavy atom. The first-order valence-electron chi connectivity index (χ1n) is 12.1. The Labute approximate surface area is 206 Å². The van der Waals surface area contributed by atoms with Gasteiger partial charge in [-0.15, -0.1) is 5.10 Å².